The molecule has 0 unspecified atom stereocenters. The number of rotatable bonds is 8. The Morgan fingerprint density at radius 2 is 1.79 bits per heavy atom. The van der Waals surface area contributed by atoms with Crippen molar-refractivity contribution in [2.75, 3.05) is 7.11 Å². The molecule has 0 bridgehead atoms. The first-order valence-electron chi connectivity index (χ1n) is 8.96. The lowest BCUT2D eigenvalue weighted by Crippen LogP contribution is -2.54. The predicted octanol–water partition coefficient (Wildman–Crippen LogP) is 4.52. The van der Waals surface area contributed by atoms with E-state index in [-0.39, 0.29) is 18.7 Å². The van der Waals surface area contributed by atoms with Gasteiger partial charge in [-0.25, -0.2) is 0 Å². The highest BCUT2D eigenvalue weighted by atomic mass is 35.6. The number of ether oxygens (including phenoxy) is 1. The Kier molecular flexibility index (Phi) is 9.88. The number of carbonyl (C=O) groups excluding carboxylic acids is 3. The van der Waals surface area contributed by atoms with E-state index in [1.54, 1.807) is 20.8 Å². The molecule has 0 aromatic heterocycles. The highest BCUT2D eigenvalue weighted by Crippen LogP contribution is 2.33. The summed E-state index contributed by atoms with van der Waals surface area (Å²) in [6.45, 7) is 5.11. The molecule has 0 aliphatic carbocycles. The Balaban J connectivity index is 3.12. The van der Waals surface area contributed by atoms with Crippen molar-refractivity contribution in [2.24, 2.45) is 5.41 Å². The van der Waals surface area contributed by atoms with E-state index in [1.807, 2.05) is 0 Å². The van der Waals surface area contributed by atoms with Crippen molar-refractivity contribution in [1.82, 2.24) is 10.2 Å². The Labute approximate surface area is 196 Å². The summed E-state index contributed by atoms with van der Waals surface area (Å²) >= 11 is 29.1. The van der Waals surface area contributed by atoms with Gasteiger partial charge in [-0.1, -0.05) is 55.6 Å². The van der Waals surface area contributed by atoms with Crippen LogP contribution in [-0.4, -0.2) is 50.4 Å². The molecule has 0 radical (unpaired) electrons. The van der Waals surface area contributed by atoms with Crippen LogP contribution < -0.4 is 5.32 Å². The average molecular weight is 511 g/mol. The summed E-state index contributed by atoms with van der Waals surface area (Å²) in [5.74, 6) is -1.22. The number of halogens is 5. The van der Waals surface area contributed by atoms with Crippen LogP contribution in [0, 0.1) is 5.41 Å². The van der Waals surface area contributed by atoms with Crippen LogP contribution in [0.1, 0.15) is 46.5 Å². The summed E-state index contributed by atoms with van der Waals surface area (Å²) in [6.07, 6.45) is 1.90. The zero-order valence-electron chi connectivity index (χ0n) is 16.6. The van der Waals surface area contributed by atoms with Crippen LogP contribution in [0.3, 0.4) is 0 Å². The first-order chi connectivity index (χ1) is 13.2. The van der Waals surface area contributed by atoms with Gasteiger partial charge in [-0.15, -0.1) is 23.2 Å². The number of carbonyl (C=O) groups is 3. The molecule has 1 aliphatic rings. The van der Waals surface area contributed by atoms with Gasteiger partial charge in [-0.05, 0) is 25.7 Å². The average Bonchev–Trinajstić information content (AvgIpc) is 2.89. The van der Waals surface area contributed by atoms with Crippen molar-refractivity contribution >= 4 is 75.7 Å². The van der Waals surface area contributed by atoms with Crippen molar-refractivity contribution in [1.29, 1.82) is 0 Å². The molecule has 29 heavy (non-hydrogen) atoms. The van der Waals surface area contributed by atoms with E-state index in [0.29, 0.717) is 18.6 Å². The van der Waals surface area contributed by atoms with Gasteiger partial charge in [0.05, 0.1) is 13.2 Å². The number of amides is 3. The van der Waals surface area contributed by atoms with Gasteiger partial charge >= 0.3 is 0 Å². The first kappa shape index (κ1) is 26.6. The van der Waals surface area contributed by atoms with Gasteiger partial charge < -0.3 is 10.1 Å². The van der Waals surface area contributed by atoms with Crippen molar-refractivity contribution in [3.8, 4) is 0 Å². The quantitative estimate of drug-likeness (QED) is 0.487. The van der Waals surface area contributed by atoms with Crippen molar-refractivity contribution in [3.05, 3.63) is 11.8 Å². The molecule has 1 aliphatic heterocycles. The minimum absolute atomic E-state index is 0.00118. The fourth-order valence-corrected chi connectivity index (χ4v) is 3.27. The third-order valence-electron chi connectivity index (χ3n) is 4.28. The van der Waals surface area contributed by atoms with Gasteiger partial charge in [-0.2, -0.15) is 0 Å². The van der Waals surface area contributed by atoms with E-state index in [9.17, 15) is 14.4 Å². The minimum Gasteiger partial charge on any atom is -0.499 e. The molecule has 1 heterocycles. The molecule has 0 saturated carbocycles. The maximum Gasteiger partial charge on any atom is 0.257 e. The van der Waals surface area contributed by atoms with Gasteiger partial charge in [0.1, 0.15) is 16.6 Å². The van der Waals surface area contributed by atoms with E-state index in [2.05, 4.69) is 5.32 Å². The number of alkyl halides is 5. The molecular weight excluding hydrogens is 485 g/mol. The van der Waals surface area contributed by atoms with Crippen molar-refractivity contribution in [2.45, 2.75) is 67.2 Å². The molecular formula is C18H25Cl5N2O4. The maximum absolute atomic E-state index is 13.3. The summed E-state index contributed by atoms with van der Waals surface area (Å²) in [7, 11) is 1.40. The van der Waals surface area contributed by atoms with E-state index in [1.165, 1.54) is 13.2 Å². The summed E-state index contributed by atoms with van der Waals surface area (Å²) in [4.78, 5) is 38.6. The van der Waals surface area contributed by atoms with E-state index in [0.717, 1.165) is 4.90 Å². The number of hydrogen-bond acceptors (Lipinski definition) is 4. The Bertz CT molecular complexity index is 656. The molecule has 0 fully saturated rings. The molecule has 0 aromatic carbocycles. The largest absolute Gasteiger partial charge is 0.499 e. The van der Waals surface area contributed by atoms with Crippen molar-refractivity contribution in [3.63, 3.8) is 0 Å². The van der Waals surface area contributed by atoms with Crippen LogP contribution in [0.4, 0.5) is 0 Å². The number of nitrogens with one attached hydrogen (secondary N) is 1. The van der Waals surface area contributed by atoms with Crippen LogP contribution in [0.25, 0.3) is 0 Å². The molecule has 0 spiro atoms. The second-order valence-electron chi connectivity index (χ2n) is 7.71. The van der Waals surface area contributed by atoms with E-state index >= 15 is 0 Å². The third kappa shape index (κ3) is 8.33. The third-order valence-corrected chi connectivity index (χ3v) is 5.28. The first-order valence-corrected chi connectivity index (χ1v) is 11.0. The lowest BCUT2D eigenvalue weighted by atomic mass is 9.94. The monoisotopic (exact) mass is 508 g/mol. The molecule has 2 atom stereocenters. The lowest BCUT2D eigenvalue weighted by Gasteiger charge is -2.31. The maximum atomic E-state index is 13.3. The number of imide groups is 1. The fraction of sp³-hybridized carbons (Fsp3) is 0.722. The fourth-order valence-electron chi connectivity index (χ4n) is 2.69. The number of nitrogens with zero attached hydrogens (tertiary/aromatic N) is 1. The minimum atomic E-state index is -1.61. The molecule has 0 aromatic rings. The summed E-state index contributed by atoms with van der Waals surface area (Å²) in [5, 5.41) is 2.67. The van der Waals surface area contributed by atoms with Gasteiger partial charge in [0.15, 0.2) is 3.79 Å². The van der Waals surface area contributed by atoms with E-state index in [4.69, 9.17) is 62.7 Å². The Morgan fingerprint density at radius 3 is 2.24 bits per heavy atom. The van der Waals surface area contributed by atoms with Gasteiger partial charge in [0.25, 0.3) is 11.8 Å². The zero-order valence-corrected chi connectivity index (χ0v) is 20.4. The molecule has 1 N–H and O–H groups in total. The molecule has 1 rings (SSSR count). The summed E-state index contributed by atoms with van der Waals surface area (Å²) in [6, 6.07) is -1.74. The molecule has 6 nitrogen and oxygen atoms in total. The molecule has 0 saturated heterocycles. The lowest BCUT2D eigenvalue weighted by molar-refractivity contribution is -0.147. The smallest absolute Gasteiger partial charge is 0.257 e. The van der Waals surface area contributed by atoms with Crippen molar-refractivity contribution < 1.29 is 19.1 Å². The topological polar surface area (TPSA) is 75.7 Å². The highest BCUT2D eigenvalue weighted by molar-refractivity contribution is 6.67. The zero-order chi connectivity index (χ0) is 22.6. The van der Waals surface area contributed by atoms with Gasteiger partial charge in [0.2, 0.25) is 5.91 Å². The summed E-state index contributed by atoms with van der Waals surface area (Å²) < 4.78 is 3.63. The standard InChI is InChI=1S/C18H25Cl5N2O4/c1-17(2,3)16(28)24-10(7-8-18(21,22)23)15(27)25-11(5-6-13(19)20)12(29-4)9-14(25)26/h9-11,13H,5-8H2,1-4H3,(H,24,28)/t10-,11-/m1/s1. The molecule has 166 valence electrons. The van der Waals surface area contributed by atoms with Crippen LogP contribution in [0.15, 0.2) is 11.8 Å². The van der Waals surface area contributed by atoms with Crippen LogP contribution >= 0.6 is 58.0 Å². The van der Waals surface area contributed by atoms with Crippen LogP contribution in [0.5, 0.6) is 0 Å². The number of methoxy groups -OCH3 is 1. The Morgan fingerprint density at radius 1 is 1.21 bits per heavy atom. The van der Waals surface area contributed by atoms with Gasteiger partial charge in [0, 0.05) is 11.5 Å². The Hall–Kier alpha value is -0.400. The highest BCUT2D eigenvalue weighted by Gasteiger charge is 2.42. The van der Waals surface area contributed by atoms with Crippen LogP contribution in [0.2, 0.25) is 0 Å². The molecule has 11 heteroatoms. The van der Waals surface area contributed by atoms with Crippen LogP contribution in [-0.2, 0) is 19.1 Å². The predicted molar refractivity (Wildman–Crippen MR) is 116 cm³/mol. The number of hydrogen-bond donors (Lipinski definition) is 1. The van der Waals surface area contributed by atoms with E-state index < -0.39 is 37.9 Å². The van der Waals surface area contributed by atoms with Gasteiger partial charge in [-0.3, -0.25) is 19.3 Å². The normalized spacial score (nSPS) is 18.7. The second kappa shape index (κ2) is 10.8. The summed E-state index contributed by atoms with van der Waals surface area (Å²) in [5.41, 5.74) is -0.757. The molecule has 3 amide bonds. The second-order valence-corrected chi connectivity index (χ2v) is 11.5. The SMILES string of the molecule is COC1=CC(=O)N(C(=O)[C@@H](CCC(Cl)(Cl)Cl)NC(=O)C(C)(C)C)[C@@H]1CCC(Cl)Cl.